The Bertz CT molecular complexity index is 899. The molecule has 1 unspecified atom stereocenters. The van der Waals surface area contributed by atoms with Gasteiger partial charge in [-0.25, -0.2) is 4.79 Å². The van der Waals surface area contributed by atoms with E-state index in [1.54, 1.807) is 12.4 Å². The van der Waals surface area contributed by atoms with Gasteiger partial charge in [0, 0.05) is 31.5 Å². The molecule has 4 heterocycles. The molecule has 0 aliphatic carbocycles. The van der Waals surface area contributed by atoms with Gasteiger partial charge in [-0.2, -0.15) is 13.2 Å². The number of nitrogens with zero attached hydrogens (tertiary/aromatic N) is 2. The van der Waals surface area contributed by atoms with E-state index in [0.717, 1.165) is 41.5 Å². The first-order valence-electron chi connectivity index (χ1n) is 8.94. The summed E-state index contributed by atoms with van der Waals surface area (Å²) in [6.45, 7) is 3.67. The molecule has 1 atom stereocenters. The van der Waals surface area contributed by atoms with E-state index in [2.05, 4.69) is 4.98 Å². The van der Waals surface area contributed by atoms with E-state index in [0.29, 0.717) is 0 Å². The minimum atomic E-state index is -5.08. The predicted molar refractivity (Wildman–Crippen MR) is 107 cm³/mol. The summed E-state index contributed by atoms with van der Waals surface area (Å²) in [6.07, 6.45) is -0.365. The zero-order valence-electron chi connectivity index (χ0n) is 15.9. The number of carboxylic acids is 1. The quantitative estimate of drug-likeness (QED) is 0.749. The van der Waals surface area contributed by atoms with Crippen molar-refractivity contribution in [2.75, 3.05) is 18.8 Å². The normalized spacial score (nSPS) is 19.6. The lowest BCUT2D eigenvalue weighted by Crippen LogP contribution is -2.60. The van der Waals surface area contributed by atoms with Gasteiger partial charge in [-0.3, -0.25) is 9.78 Å². The van der Waals surface area contributed by atoms with E-state index in [-0.39, 0.29) is 16.8 Å². The fourth-order valence-corrected chi connectivity index (χ4v) is 5.65. The minimum Gasteiger partial charge on any atom is -0.488 e. The Labute approximate surface area is 179 Å². The first kappa shape index (κ1) is 22.4. The second kappa shape index (κ2) is 8.84. The van der Waals surface area contributed by atoms with Gasteiger partial charge in [0.2, 0.25) is 0 Å². The second-order valence-electron chi connectivity index (χ2n) is 7.02. The number of amides is 1. The Kier molecular flexibility index (Phi) is 6.61. The van der Waals surface area contributed by atoms with Gasteiger partial charge < -0.3 is 14.7 Å². The highest BCUT2D eigenvalue weighted by Crippen LogP contribution is 2.46. The monoisotopic (exact) mass is 460 g/mol. The molecular weight excluding hydrogens is 441 g/mol. The Morgan fingerprint density at radius 2 is 2.03 bits per heavy atom. The maximum atomic E-state index is 12.5. The van der Waals surface area contributed by atoms with Crippen LogP contribution in [0.5, 0.6) is 5.75 Å². The molecule has 1 amide bonds. The van der Waals surface area contributed by atoms with Gasteiger partial charge in [0.1, 0.15) is 11.9 Å². The van der Waals surface area contributed by atoms with Gasteiger partial charge in [-0.1, -0.05) is 0 Å². The number of aromatic nitrogens is 1. The number of hydrogen-bond donors (Lipinski definition) is 1. The average molecular weight is 460 g/mol. The van der Waals surface area contributed by atoms with Crippen LogP contribution in [-0.2, 0) is 4.79 Å². The summed E-state index contributed by atoms with van der Waals surface area (Å²) in [6, 6.07) is 5.84. The fraction of sp³-hybridized carbons (Fsp3) is 0.421. The third-order valence-electron chi connectivity index (χ3n) is 4.66. The molecule has 4 rings (SSSR count). The first-order valence-corrected chi connectivity index (χ1v) is 10.8. The number of ether oxygens (including phenoxy) is 1. The molecule has 162 valence electrons. The van der Waals surface area contributed by atoms with Crippen molar-refractivity contribution in [2.45, 2.75) is 30.4 Å². The number of hydrogen-bond acceptors (Lipinski definition) is 6. The highest BCUT2D eigenvalue weighted by Gasteiger charge is 2.51. The zero-order valence-corrected chi connectivity index (χ0v) is 17.5. The van der Waals surface area contributed by atoms with Crippen LogP contribution in [0.3, 0.4) is 0 Å². The molecule has 2 aliphatic heterocycles. The highest BCUT2D eigenvalue weighted by molar-refractivity contribution is 8.01. The van der Waals surface area contributed by atoms with Crippen LogP contribution in [0.25, 0.3) is 0 Å². The molecular formula is C19H19F3N2O4S2. The van der Waals surface area contributed by atoms with E-state index in [9.17, 15) is 18.0 Å². The highest BCUT2D eigenvalue weighted by atomic mass is 32.2. The zero-order chi connectivity index (χ0) is 21.9. The third kappa shape index (κ3) is 5.25. The van der Waals surface area contributed by atoms with Crippen LogP contribution in [0, 0.1) is 6.92 Å². The number of alkyl halides is 3. The Morgan fingerprint density at radius 1 is 1.33 bits per heavy atom. The molecule has 11 heteroatoms. The lowest BCUT2D eigenvalue weighted by molar-refractivity contribution is -0.192. The van der Waals surface area contributed by atoms with Crippen molar-refractivity contribution in [1.82, 2.24) is 9.88 Å². The fourth-order valence-electron chi connectivity index (χ4n) is 3.24. The van der Waals surface area contributed by atoms with Crippen molar-refractivity contribution < 1.29 is 32.6 Å². The third-order valence-corrected chi connectivity index (χ3v) is 7.24. The molecule has 2 saturated heterocycles. The number of likely N-dealkylation sites (tertiary alicyclic amines) is 1. The maximum absolute atomic E-state index is 12.5. The Morgan fingerprint density at radius 3 is 2.57 bits per heavy atom. The summed E-state index contributed by atoms with van der Waals surface area (Å²) < 4.78 is 37.9. The topological polar surface area (TPSA) is 79.7 Å². The second-order valence-corrected chi connectivity index (χ2v) is 9.43. The lowest BCUT2D eigenvalue weighted by atomic mass is 9.92. The summed E-state index contributed by atoms with van der Waals surface area (Å²) in [5, 5.41) is 9.11. The van der Waals surface area contributed by atoms with Crippen molar-refractivity contribution in [3.05, 3.63) is 46.4 Å². The van der Waals surface area contributed by atoms with Gasteiger partial charge in [0.15, 0.2) is 0 Å². The number of thioether (sulfide) groups is 1. The molecule has 1 spiro atoms. The number of carboxylic acid groups (broad SMARTS) is 1. The number of carbonyl (C=O) groups excluding carboxylic acids is 1. The Balaban J connectivity index is 0.000000318. The standard InChI is InChI=1S/C17H18N2O2S2.C2HF3O2/c1-12-4-6-22-15(12)16(20)19-10-17(11-19)7-14(9-23-17)21-13-3-2-5-18-8-13;3-2(4,5)1(6)7/h2-6,8,14H,7,9-11H2,1H3;(H,6,7). The van der Waals surface area contributed by atoms with Gasteiger partial charge in [-0.15, -0.1) is 23.1 Å². The molecule has 0 bridgehead atoms. The SMILES string of the molecule is Cc1ccsc1C(=O)N1CC2(CC(Oc3cccnc3)CS2)C1.O=C(O)C(F)(F)F. The summed E-state index contributed by atoms with van der Waals surface area (Å²) in [7, 11) is 0. The number of aryl methyl sites for hydroxylation is 1. The lowest BCUT2D eigenvalue weighted by Gasteiger charge is -2.47. The van der Waals surface area contributed by atoms with E-state index >= 15 is 0 Å². The summed E-state index contributed by atoms with van der Waals surface area (Å²) in [5.41, 5.74) is 1.08. The Hall–Kier alpha value is -2.27. The van der Waals surface area contributed by atoms with Gasteiger partial charge in [0.05, 0.1) is 15.8 Å². The molecule has 2 aromatic heterocycles. The van der Waals surface area contributed by atoms with Crippen molar-refractivity contribution in [3.63, 3.8) is 0 Å². The molecule has 2 aliphatic rings. The molecule has 2 aromatic rings. The molecule has 0 saturated carbocycles. The number of halogens is 3. The van der Waals surface area contributed by atoms with Crippen molar-refractivity contribution >= 4 is 35.0 Å². The minimum absolute atomic E-state index is 0.181. The molecule has 1 N–H and O–H groups in total. The molecule has 6 nitrogen and oxygen atoms in total. The van der Waals surface area contributed by atoms with Crippen LogP contribution >= 0.6 is 23.1 Å². The smallest absolute Gasteiger partial charge is 0.488 e. The number of pyridine rings is 1. The van der Waals surface area contributed by atoms with Crippen molar-refractivity contribution in [2.24, 2.45) is 0 Å². The van der Waals surface area contributed by atoms with Crippen LogP contribution < -0.4 is 4.74 Å². The molecule has 30 heavy (non-hydrogen) atoms. The first-order chi connectivity index (χ1) is 14.1. The van der Waals surface area contributed by atoms with E-state index in [1.165, 1.54) is 11.3 Å². The van der Waals surface area contributed by atoms with Gasteiger partial charge in [0.25, 0.3) is 5.91 Å². The molecule has 2 fully saturated rings. The van der Waals surface area contributed by atoms with Gasteiger partial charge in [-0.05, 0) is 36.1 Å². The number of thiophene rings is 1. The summed E-state index contributed by atoms with van der Waals surface area (Å²) >= 11 is 3.48. The van der Waals surface area contributed by atoms with Crippen LogP contribution in [-0.4, -0.2) is 62.7 Å². The maximum Gasteiger partial charge on any atom is 0.490 e. The van der Waals surface area contributed by atoms with Crippen LogP contribution in [0.15, 0.2) is 36.0 Å². The molecule has 0 aromatic carbocycles. The number of rotatable bonds is 3. The van der Waals surface area contributed by atoms with Crippen molar-refractivity contribution in [3.8, 4) is 5.75 Å². The summed E-state index contributed by atoms with van der Waals surface area (Å²) in [5.74, 6) is -0.765. The van der Waals surface area contributed by atoms with E-state index < -0.39 is 12.1 Å². The van der Waals surface area contributed by atoms with Crippen LogP contribution in [0.2, 0.25) is 0 Å². The predicted octanol–water partition coefficient (Wildman–Crippen LogP) is 3.86. The largest absolute Gasteiger partial charge is 0.490 e. The number of aliphatic carboxylic acids is 1. The summed E-state index contributed by atoms with van der Waals surface area (Å²) in [4.78, 5) is 28.3. The number of carbonyl (C=O) groups is 2. The molecule has 0 radical (unpaired) electrons. The van der Waals surface area contributed by atoms with E-state index in [4.69, 9.17) is 14.6 Å². The average Bonchev–Trinajstić information content (AvgIpc) is 3.27. The van der Waals surface area contributed by atoms with Crippen LogP contribution in [0.1, 0.15) is 21.7 Å². The van der Waals surface area contributed by atoms with Crippen LogP contribution in [0.4, 0.5) is 13.2 Å². The van der Waals surface area contributed by atoms with Crippen molar-refractivity contribution in [1.29, 1.82) is 0 Å². The van der Waals surface area contributed by atoms with Gasteiger partial charge >= 0.3 is 12.1 Å². The van der Waals surface area contributed by atoms with E-state index in [1.807, 2.05) is 47.2 Å².